The van der Waals surface area contributed by atoms with Gasteiger partial charge in [-0.25, -0.2) is 9.67 Å². The Balaban J connectivity index is 2.15. The van der Waals surface area contributed by atoms with Crippen LogP contribution in [0.25, 0.3) is 5.69 Å². The van der Waals surface area contributed by atoms with E-state index in [1.165, 1.54) is 19.3 Å². The van der Waals surface area contributed by atoms with E-state index in [4.69, 9.17) is 0 Å². The third-order valence-electron chi connectivity index (χ3n) is 3.33. The molecule has 4 heteroatoms. The minimum absolute atomic E-state index is 0.518. The number of anilines is 1. The lowest BCUT2D eigenvalue weighted by molar-refractivity contribution is 0.593. The highest BCUT2D eigenvalue weighted by Crippen LogP contribution is 2.21. The Bertz CT molecular complexity index is 479. The Morgan fingerprint density at radius 1 is 1.26 bits per heavy atom. The summed E-state index contributed by atoms with van der Waals surface area (Å²) in [7, 11) is 0. The minimum Gasteiger partial charge on any atom is -0.381 e. The van der Waals surface area contributed by atoms with Crippen LogP contribution in [-0.4, -0.2) is 20.8 Å². The summed E-state index contributed by atoms with van der Waals surface area (Å²) in [6, 6.07) is 8.75. The van der Waals surface area contributed by atoms with Gasteiger partial charge in [0.2, 0.25) is 0 Å². The summed E-state index contributed by atoms with van der Waals surface area (Å²) in [5.74, 6) is 0. The second-order valence-electron chi connectivity index (χ2n) is 4.75. The number of nitrogens with one attached hydrogen (secondary N) is 1. The van der Waals surface area contributed by atoms with E-state index in [0.717, 1.165) is 17.8 Å². The fraction of sp³-hybridized carbons (Fsp3) is 0.467. The molecule has 1 aromatic heterocycles. The van der Waals surface area contributed by atoms with E-state index < -0.39 is 0 Å². The molecule has 1 unspecified atom stereocenters. The smallest absolute Gasteiger partial charge is 0.138 e. The van der Waals surface area contributed by atoms with E-state index in [0.29, 0.717) is 6.04 Å². The fourth-order valence-corrected chi connectivity index (χ4v) is 2.18. The van der Waals surface area contributed by atoms with Crippen LogP contribution in [0.3, 0.4) is 0 Å². The molecule has 0 aliphatic carbocycles. The van der Waals surface area contributed by atoms with Crippen LogP contribution in [0, 0.1) is 0 Å². The fourth-order valence-electron chi connectivity index (χ4n) is 2.18. The molecule has 1 atom stereocenters. The van der Waals surface area contributed by atoms with Gasteiger partial charge in [0.05, 0.1) is 11.4 Å². The third kappa shape index (κ3) is 3.56. The maximum atomic E-state index is 4.21. The van der Waals surface area contributed by atoms with Gasteiger partial charge in [0.1, 0.15) is 12.7 Å². The summed E-state index contributed by atoms with van der Waals surface area (Å²) in [5, 5.41) is 7.84. The van der Waals surface area contributed by atoms with Gasteiger partial charge in [-0.1, -0.05) is 38.8 Å². The highest BCUT2D eigenvalue weighted by molar-refractivity contribution is 5.60. The van der Waals surface area contributed by atoms with E-state index in [2.05, 4.69) is 47.4 Å². The Morgan fingerprint density at radius 2 is 2.11 bits per heavy atom. The Morgan fingerprint density at radius 3 is 2.79 bits per heavy atom. The van der Waals surface area contributed by atoms with Crippen LogP contribution in [0.1, 0.15) is 39.5 Å². The SMILES string of the molecule is CCCCC(CC)Nc1ccccc1-n1cncn1. The molecule has 4 nitrogen and oxygen atoms in total. The molecule has 2 aromatic rings. The zero-order valence-electron chi connectivity index (χ0n) is 11.7. The van der Waals surface area contributed by atoms with Crippen molar-refractivity contribution in [3.05, 3.63) is 36.9 Å². The van der Waals surface area contributed by atoms with E-state index in [1.54, 1.807) is 17.3 Å². The highest BCUT2D eigenvalue weighted by atomic mass is 15.3. The van der Waals surface area contributed by atoms with Crippen molar-refractivity contribution in [2.24, 2.45) is 0 Å². The topological polar surface area (TPSA) is 42.7 Å². The molecule has 0 aliphatic rings. The first-order valence-corrected chi connectivity index (χ1v) is 7.05. The van der Waals surface area contributed by atoms with Crippen molar-refractivity contribution in [3.8, 4) is 5.69 Å². The number of para-hydroxylation sites is 2. The largest absolute Gasteiger partial charge is 0.381 e. The number of benzene rings is 1. The minimum atomic E-state index is 0.518. The van der Waals surface area contributed by atoms with Crippen LogP contribution in [0.15, 0.2) is 36.9 Å². The predicted octanol–water partition coefficient (Wildman–Crippen LogP) is 3.65. The first kappa shape index (κ1) is 13.6. The third-order valence-corrected chi connectivity index (χ3v) is 3.33. The molecule has 1 N–H and O–H groups in total. The zero-order valence-corrected chi connectivity index (χ0v) is 11.7. The molecular weight excluding hydrogens is 236 g/mol. The summed E-state index contributed by atoms with van der Waals surface area (Å²) < 4.78 is 1.80. The molecule has 0 fully saturated rings. The average molecular weight is 258 g/mol. The number of hydrogen-bond donors (Lipinski definition) is 1. The van der Waals surface area contributed by atoms with Gasteiger partial charge in [0, 0.05) is 6.04 Å². The number of nitrogens with zero attached hydrogens (tertiary/aromatic N) is 3. The molecule has 2 rings (SSSR count). The highest BCUT2D eigenvalue weighted by Gasteiger charge is 2.09. The Hall–Kier alpha value is -1.84. The average Bonchev–Trinajstić information content (AvgIpc) is 2.98. The summed E-state index contributed by atoms with van der Waals surface area (Å²) in [6.45, 7) is 4.46. The van der Waals surface area contributed by atoms with Gasteiger partial charge >= 0.3 is 0 Å². The van der Waals surface area contributed by atoms with Gasteiger partial charge in [-0.2, -0.15) is 5.10 Å². The second-order valence-corrected chi connectivity index (χ2v) is 4.75. The van der Waals surface area contributed by atoms with Gasteiger partial charge in [-0.3, -0.25) is 0 Å². The van der Waals surface area contributed by atoms with Crippen molar-refractivity contribution in [2.45, 2.75) is 45.6 Å². The second kappa shape index (κ2) is 6.92. The van der Waals surface area contributed by atoms with Gasteiger partial charge in [-0.15, -0.1) is 0 Å². The molecule has 19 heavy (non-hydrogen) atoms. The van der Waals surface area contributed by atoms with Crippen LogP contribution in [0.2, 0.25) is 0 Å². The number of aromatic nitrogens is 3. The Kier molecular flexibility index (Phi) is 4.95. The first-order chi connectivity index (χ1) is 9.35. The van der Waals surface area contributed by atoms with E-state index in [-0.39, 0.29) is 0 Å². The van der Waals surface area contributed by atoms with Crippen molar-refractivity contribution in [2.75, 3.05) is 5.32 Å². The van der Waals surface area contributed by atoms with Crippen LogP contribution < -0.4 is 5.32 Å². The van der Waals surface area contributed by atoms with Crippen molar-refractivity contribution >= 4 is 5.69 Å². The molecular formula is C15H22N4. The van der Waals surface area contributed by atoms with Crippen LogP contribution >= 0.6 is 0 Å². The lowest BCUT2D eigenvalue weighted by atomic mass is 10.1. The summed E-state index contributed by atoms with van der Waals surface area (Å²) in [6.07, 6.45) is 8.13. The maximum absolute atomic E-state index is 4.21. The van der Waals surface area contributed by atoms with Crippen molar-refractivity contribution in [1.29, 1.82) is 0 Å². The molecule has 1 heterocycles. The molecule has 0 radical (unpaired) electrons. The lowest BCUT2D eigenvalue weighted by Crippen LogP contribution is -2.19. The van der Waals surface area contributed by atoms with Crippen LogP contribution in [0.4, 0.5) is 5.69 Å². The van der Waals surface area contributed by atoms with Crippen molar-refractivity contribution in [1.82, 2.24) is 14.8 Å². The molecule has 0 saturated heterocycles. The van der Waals surface area contributed by atoms with Gasteiger partial charge in [-0.05, 0) is 25.0 Å². The van der Waals surface area contributed by atoms with Crippen LogP contribution in [-0.2, 0) is 0 Å². The van der Waals surface area contributed by atoms with Gasteiger partial charge < -0.3 is 5.32 Å². The van der Waals surface area contributed by atoms with Crippen molar-refractivity contribution in [3.63, 3.8) is 0 Å². The van der Waals surface area contributed by atoms with E-state index in [9.17, 15) is 0 Å². The molecule has 102 valence electrons. The number of unbranched alkanes of at least 4 members (excludes halogenated alkanes) is 1. The Labute approximate surface area is 114 Å². The van der Waals surface area contributed by atoms with Crippen LogP contribution in [0.5, 0.6) is 0 Å². The maximum Gasteiger partial charge on any atom is 0.138 e. The van der Waals surface area contributed by atoms with Gasteiger partial charge in [0.25, 0.3) is 0 Å². The monoisotopic (exact) mass is 258 g/mol. The normalized spacial score (nSPS) is 12.3. The quantitative estimate of drug-likeness (QED) is 0.824. The predicted molar refractivity (Wildman–Crippen MR) is 78.6 cm³/mol. The number of hydrogen-bond acceptors (Lipinski definition) is 3. The summed E-state index contributed by atoms with van der Waals surface area (Å²) in [4.78, 5) is 4.01. The lowest BCUT2D eigenvalue weighted by Gasteiger charge is -2.20. The van der Waals surface area contributed by atoms with E-state index >= 15 is 0 Å². The standard InChI is InChI=1S/C15H22N4/c1-3-5-8-13(4-2)18-14-9-6-7-10-15(14)19-12-16-11-17-19/h6-7,9-13,18H,3-5,8H2,1-2H3. The molecule has 0 aliphatic heterocycles. The molecule has 0 saturated carbocycles. The van der Waals surface area contributed by atoms with Crippen molar-refractivity contribution < 1.29 is 0 Å². The molecule has 0 bridgehead atoms. The van der Waals surface area contributed by atoms with E-state index in [1.807, 2.05) is 6.07 Å². The molecule has 0 spiro atoms. The summed E-state index contributed by atoms with van der Waals surface area (Å²) >= 11 is 0. The zero-order chi connectivity index (χ0) is 13.5. The molecule has 1 aromatic carbocycles. The van der Waals surface area contributed by atoms with Gasteiger partial charge in [0.15, 0.2) is 0 Å². The first-order valence-electron chi connectivity index (χ1n) is 7.05. The summed E-state index contributed by atoms with van der Waals surface area (Å²) in [5.41, 5.74) is 2.17. The number of rotatable bonds is 7. The molecule has 0 amide bonds.